The molecular formula is C17H17NO3. The van der Waals surface area contributed by atoms with Crippen LogP contribution in [-0.4, -0.2) is 18.4 Å². The molecule has 1 rings (SSSR count). The first kappa shape index (κ1) is 16.5. The van der Waals surface area contributed by atoms with Crippen LogP contribution in [0.2, 0.25) is 0 Å². The third-order valence-corrected chi connectivity index (χ3v) is 2.79. The van der Waals surface area contributed by atoms with Crippen LogP contribution >= 0.6 is 0 Å². The average Bonchev–Trinajstić information content (AvgIpc) is 2.51. The van der Waals surface area contributed by atoms with Gasteiger partial charge in [0.25, 0.3) is 0 Å². The Balaban J connectivity index is 2.44. The van der Waals surface area contributed by atoms with E-state index in [0.717, 1.165) is 0 Å². The lowest BCUT2D eigenvalue weighted by molar-refractivity contribution is -0.136. The zero-order valence-electron chi connectivity index (χ0n) is 12.0. The van der Waals surface area contributed by atoms with Crippen molar-refractivity contribution in [3.05, 3.63) is 35.9 Å². The van der Waals surface area contributed by atoms with E-state index in [1.54, 1.807) is 31.2 Å². The van der Waals surface area contributed by atoms with Gasteiger partial charge in [0.2, 0.25) is 0 Å². The number of hydrogen-bond donors (Lipinski definition) is 0. The Morgan fingerprint density at radius 2 is 2.00 bits per heavy atom. The summed E-state index contributed by atoms with van der Waals surface area (Å²) in [6.45, 7) is 2.02. The van der Waals surface area contributed by atoms with Crippen LogP contribution < -0.4 is 0 Å². The van der Waals surface area contributed by atoms with Gasteiger partial charge < -0.3 is 4.74 Å². The second-order valence-electron chi connectivity index (χ2n) is 4.33. The standard InChI is InChI=1S/C17H17NO3/c1-2-21-16(19)12-8-4-7-11-15(13-18)17(20)14-9-5-3-6-10-14/h3,5-6,9-10,15H,2,4,7,11H2,1H3. The second-order valence-corrected chi connectivity index (χ2v) is 4.33. The molecule has 1 unspecified atom stereocenters. The van der Waals surface area contributed by atoms with Crippen molar-refractivity contribution in [3.8, 4) is 17.9 Å². The van der Waals surface area contributed by atoms with Crippen molar-refractivity contribution in [1.82, 2.24) is 0 Å². The number of unbranched alkanes of at least 4 members (excludes halogenated alkanes) is 1. The van der Waals surface area contributed by atoms with Gasteiger partial charge in [0.15, 0.2) is 5.78 Å². The van der Waals surface area contributed by atoms with Crippen LogP contribution in [0.5, 0.6) is 0 Å². The Morgan fingerprint density at radius 3 is 2.62 bits per heavy atom. The lowest BCUT2D eigenvalue weighted by Gasteiger charge is -2.06. The van der Waals surface area contributed by atoms with E-state index in [4.69, 9.17) is 5.26 Å². The molecule has 21 heavy (non-hydrogen) atoms. The molecule has 0 saturated heterocycles. The monoisotopic (exact) mass is 283 g/mol. The fourth-order valence-electron chi connectivity index (χ4n) is 1.75. The van der Waals surface area contributed by atoms with Gasteiger partial charge >= 0.3 is 5.97 Å². The van der Waals surface area contributed by atoms with Crippen LogP contribution in [0.1, 0.15) is 36.5 Å². The molecule has 0 aliphatic heterocycles. The van der Waals surface area contributed by atoms with Gasteiger partial charge in [0, 0.05) is 17.9 Å². The van der Waals surface area contributed by atoms with Gasteiger partial charge in [-0.1, -0.05) is 36.3 Å². The molecule has 0 bridgehead atoms. The summed E-state index contributed by atoms with van der Waals surface area (Å²) >= 11 is 0. The number of carbonyl (C=O) groups excluding carboxylic acids is 2. The number of nitriles is 1. The Kier molecular flexibility index (Phi) is 7.32. The predicted molar refractivity (Wildman–Crippen MR) is 78.1 cm³/mol. The fourth-order valence-corrected chi connectivity index (χ4v) is 1.75. The van der Waals surface area contributed by atoms with Gasteiger partial charge in [-0.15, -0.1) is 0 Å². The lowest BCUT2D eigenvalue weighted by Crippen LogP contribution is -2.12. The van der Waals surface area contributed by atoms with Crippen LogP contribution in [-0.2, 0) is 9.53 Å². The Hall–Kier alpha value is -2.59. The van der Waals surface area contributed by atoms with Gasteiger partial charge in [-0.05, 0) is 19.8 Å². The van der Waals surface area contributed by atoms with E-state index >= 15 is 0 Å². The summed E-state index contributed by atoms with van der Waals surface area (Å²) in [5.41, 5.74) is 0.543. The molecule has 0 aliphatic rings. The fraction of sp³-hybridized carbons (Fsp3) is 0.353. The summed E-state index contributed by atoms with van der Waals surface area (Å²) in [7, 11) is 0. The first-order valence-electron chi connectivity index (χ1n) is 6.83. The maximum Gasteiger partial charge on any atom is 0.384 e. The number of hydrogen-bond acceptors (Lipinski definition) is 4. The third-order valence-electron chi connectivity index (χ3n) is 2.79. The first-order chi connectivity index (χ1) is 10.2. The summed E-state index contributed by atoms with van der Waals surface area (Å²) in [5.74, 6) is 3.65. The number of esters is 1. The van der Waals surface area contributed by atoms with Crippen molar-refractivity contribution >= 4 is 11.8 Å². The minimum Gasteiger partial charge on any atom is -0.456 e. The Bertz CT molecular complexity index is 576. The van der Waals surface area contributed by atoms with E-state index in [0.29, 0.717) is 31.4 Å². The molecule has 108 valence electrons. The van der Waals surface area contributed by atoms with Crippen molar-refractivity contribution in [3.63, 3.8) is 0 Å². The van der Waals surface area contributed by atoms with E-state index in [1.165, 1.54) is 0 Å². The number of ketones is 1. The van der Waals surface area contributed by atoms with Crippen LogP contribution in [0.3, 0.4) is 0 Å². The zero-order valence-corrected chi connectivity index (χ0v) is 12.0. The van der Waals surface area contributed by atoms with Gasteiger partial charge in [-0.25, -0.2) is 4.79 Å². The molecule has 0 spiro atoms. The number of ether oxygens (including phenoxy) is 1. The molecule has 1 aromatic carbocycles. The molecule has 0 amide bonds. The number of nitrogens with zero attached hydrogens (tertiary/aromatic N) is 1. The normalized spacial score (nSPS) is 10.7. The molecule has 4 nitrogen and oxygen atoms in total. The molecule has 1 atom stereocenters. The van der Waals surface area contributed by atoms with Crippen molar-refractivity contribution in [1.29, 1.82) is 5.26 Å². The highest BCUT2D eigenvalue weighted by molar-refractivity contribution is 5.99. The third kappa shape index (κ3) is 5.93. The topological polar surface area (TPSA) is 67.2 Å². The molecule has 0 heterocycles. The van der Waals surface area contributed by atoms with E-state index in [-0.39, 0.29) is 5.78 Å². The van der Waals surface area contributed by atoms with Crippen LogP contribution in [0, 0.1) is 29.1 Å². The molecule has 0 N–H and O–H groups in total. The molecular weight excluding hydrogens is 266 g/mol. The second kappa shape index (κ2) is 9.34. The van der Waals surface area contributed by atoms with Gasteiger partial charge in [-0.3, -0.25) is 4.79 Å². The maximum absolute atomic E-state index is 12.1. The van der Waals surface area contributed by atoms with Gasteiger partial charge in [0.05, 0.1) is 12.7 Å². The van der Waals surface area contributed by atoms with E-state index < -0.39 is 11.9 Å². The molecule has 0 fully saturated rings. The van der Waals surface area contributed by atoms with Gasteiger partial charge in [-0.2, -0.15) is 5.26 Å². The molecule has 0 aliphatic carbocycles. The SMILES string of the molecule is CCOC(=O)C#CCCCC(C#N)C(=O)c1ccccc1. The highest BCUT2D eigenvalue weighted by Crippen LogP contribution is 2.14. The lowest BCUT2D eigenvalue weighted by atomic mass is 9.94. The minimum atomic E-state index is -0.670. The molecule has 0 radical (unpaired) electrons. The Labute approximate surface area is 124 Å². The van der Waals surface area contributed by atoms with Crippen LogP contribution in [0.25, 0.3) is 0 Å². The van der Waals surface area contributed by atoms with Crippen molar-refractivity contribution in [2.45, 2.75) is 26.2 Å². The van der Waals surface area contributed by atoms with Crippen LogP contribution in [0.4, 0.5) is 0 Å². The van der Waals surface area contributed by atoms with Crippen molar-refractivity contribution in [2.24, 2.45) is 5.92 Å². The number of rotatable bonds is 6. The van der Waals surface area contributed by atoms with Crippen LogP contribution in [0.15, 0.2) is 30.3 Å². The van der Waals surface area contributed by atoms with E-state index in [1.807, 2.05) is 12.1 Å². The van der Waals surface area contributed by atoms with Gasteiger partial charge in [0.1, 0.15) is 5.92 Å². The number of benzene rings is 1. The molecule has 0 saturated carbocycles. The minimum absolute atomic E-state index is 0.170. The van der Waals surface area contributed by atoms with E-state index in [9.17, 15) is 9.59 Å². The quantitative estimate of drug-likeness (QED) is 0.265. The zero-order chi connectivity index (χ0) is 15.5. The highest BCUT2D eigenvalue weighted by Gasteiger charge is 2.18. The number of Topliss-reactive ketones (excluding diaryl/α,β-unsaturated/α-hetero) is 1. The maximum atomic E-state index is 12.1. The van der Waals surface area contributed by atoms with E-state index in [2.05, 4.69) is 16.6 Å². The summed E-state index contributed by atoms with van der Waals surface area (Å²) in [6.07, 6.45) is 1.48. The highest BCUT2D eigenvalue weighted by atomic mass is 16.5. The first-order valence-corrected chi connectivity index (χ1v) is 6.83. The molecule has 4 heteroatoms. The summed E-state index contributed by atoms with van der Waals surface area (Å²) < 4.78 is 4.67. The molecule has 1 aromatic rings. The predicted octanol–water partition coefficient (Wildman–Crippen LogP) is 2.75. The average molecular weight is 283 g/mol. The molecule has 0 aromatic heterocycles. The van der Waals surface area contributed by atoms with Crippen molar-refractivity contribution < 1.29 is 14.3 Å². The largest absolute Gasteiger partial charge is 0.456 e. The summed E-state index contributed by atoms with van der Waals surface area (Å²) in [6, 6.07) is 10.8. The summed E-state index contributed by atoms with van der Waals surface area (Å²) in [4.78, 5) is 23.1. The Morgan fingerprint density at radius 1 is 1.29 bits per heavy atom. The summed E-state index contributed by atoms with van der Waals surface area (Å²) in [5, 5.41) is 9.09. The van der Waals surface area contributed by atoms with Crippen molar-refractivity contribution in [2.75, 3.05) is 6.61 Å². The number of carbonyl (C=O) groups is 2. The smallest absolute Gasteiger partial charge is 0.384 e.